The Hall–Kier alpha value is -3.37. The Morgan fingerprint density at radius 2 is 1.34 bits per heavy atom. The second-order valence-electron chi connectivity index (χ2n) is 6.42. The molecule has 0 N–H and O–H groups in total. The van der Waals surface area contributed by atoms with E-state index in [2.05, 4.69) is 9.97 Å². The van der Waals surface area contributed by atoms with Gasteiger partial charge in [0.25, 0.3) is 0 Å². The average molecular weight is 403 g/mol. The quantitative estimate of drug-likeness (QED) is 0.358. The Balaban J connectivity index is 1.58. The summed E-state index contributed by atoms with van der Waals surface area (Å²) in [6.45, 7) is 0.845. The summed E-state index contributed by atoms with van der Waals surface area (Å²) >= 11 is 5.93. The standard InChI is InChI=1S/C24H19ClN2O2/c25-22-13-11-20(15-26-22)21-12-14-23(28-16-18-7-3-1-4-8-18)27-24(21)29-17-19-9-5-2-6-10-19/h1-15H,16-17H2. The van der Waals surface area contributed by atoms with Crippen LogP contribution in [0, 0.1) is 0 Å². The molecule has 4 aromatic rings. The summed E-state index contributed by atoms with van der Waals surface area (Å²) in [5.41, 5.74) is 3.84. The van der Waals surface area contributed by atoms with E-state index in [0.717, 1.165) is 22.3 Å². The van der Waals surface area contributed by atoms with Gasteiger partial charge in [0.15, 0.2) is 0 Å². The Labute approximate surface area is 174 Å². The fourth-order valence-electron chi connectivity index (χ4n) is 2.83. The molecule has 0 atom stereocenters. The van der Waals surface area contributed by atoms with Crippen molar-refractivity contribution in [2.24, 2.45) is 0 Å². The Morgan fingerprint density at radius 3 is 1.97 bits per heavy atom. The molecule has 2 heterocycles. The summed E-state index contributed by atoms with van der Waals surface area (Å²) in [6.07, 6.45) is 1.71. The third-order valence-corrected chi connectivity index (χ3v) is 4.54. The van der Waals surface area contributed by atoms with Crippen molar-refractivity contribution in [3.05, 3.63) is 107 Å². The molecule has 144 valence electrons. The molecule has 0 radical (unpaired) electrons. The van der Waals surface area contributed by atoms with Crippen LogP contribution in [0.5, 0.6) is 11.8 Å². The zero-order valence-corrected chi connectivity index (χ0v) is 16.4. The third-order valence-electron chi connectivity index (χ3n) is 4.32. The van der Waals surface area contributed by atoms with E-state index < -0.39 is 0 Å². The van der Waals surface area contributed by atoms with Crippen molar-refractivity contribution < 1.29 is 9.47 Å². The number of halogens is 1. The zero-order valence-electron chi connectivity index (χ0n) is 15.7. The van der Waals surface area contributed by atoms with Gasteiger partial charge in [-0.3, -0.25) is 0 Å². The van der Waals surface area contributed by atoms with Crippen molar-refractivity contribution in [2.75, 3.05) is 0 Å². The number of ether oxygens (including phenoxy) is 2. The lowest BCUT2D eigenvalue weighted by atomic mass is 10.1. The summed E-state index contributed by atoms with van der Waals surface area (Å²) in [7, 11) is 0. The van der Waals surface area contributed by atoms with Crippen LogP contribution in [0.1, 0.15) is 11.1 Å². The summed E-state index contributed by atoms with van der Waals surface area (Å²) < 4.78 is 11.9. The SMILES string of the molecule is Clc1ccc(-c2ccc(OCc3ccccc3)nc2OCc2ccccc2)cn1. The second kappa shape index (κ2) is 9.22. The fraction of sp³-hybridized carbons (Fsp3) is 0.0833. The Morgan fingerprint density at radius 1 is 0.690 bits per heavy atom. The number of hydrogen-bond donors (Lipinski definition) is 0. The van der Waals surface area contributed by atoms with Gasteiger partial charge in [0.1, 0.15) is 18.4 Å². The number of benzene rings is 2. The van der Waals surface area contributed by atoms with Gasteiger partial charge in [-0.1, -0.05) is 72.3 Å². The molecule has 0 fully saturated rings. The number of rotatable bonds is 7. The van der Waals surface area contributed by atoms with Crippen LogP contribution >= 0.6 is 11.6 Å². The predicted octanol–water partition coefficient (Wildman–Crippen LogP) is 5.96. The van der Waals surface area contributed by atoms with Gasteiger partial charge in [-0.15, -0.1) is 0 Å². The van der Waals surface area contributed by atoms with Crippen LogP contribution in [0.15, 0.2) is 91.1 Å². The first-order chi connectivity index (χ1) is 14.3. The summed E-state index contributed by atoms with van der Waals surface area (Å²) in [4.78, 5) is 8.76. The minimum absolute atomic E-state index is 0.407. The maximum Gasteiger partial charge on any atom is 0.225 e. The highest BCUT2D eigenvalue weighted by Crippen LogP contribution is 2.31. The van der Waals surface area contributed by atoms with E-state index in [1.807, 2.05) is 78.9 Å². The van der Waals surface area contributed by atoms with Crippen LogP contribution in [0.2, 0.25) is 5.15 Å². The minimum atomic E-state index is 0.407. The highest BCUT2D eigenvalue weighted by Gasteiger charge is 2.12. The van der Waals surface area contributed by atoms with Crippen molar-refractivity contribution in [2.45, 2.75) is 13.2 Å². The van der Waals surface area contributed by atoms with Gasteiger partial charge in [0, 0.05) is 23.4 Å². The van der Waals surface area contributed by atoms with Gasteiger partial charge in [0.05, 0.1) is 0 Å². The number of hydrogen-bond acceptors (Lipinski definition) is 4. The lowest BCUT2D eigenvalue weighted by molar-refractivity contribution is 0.268. The molecule has 0 aliphatic heterocycles. The molecule has 0 unspecified atom stereocenters. The number of nitrogens with zero attached hydrogens (tertiary/aromatic N) is 2. The van der Waals surface area contributed by atoms with Gasteiger partial charge in [0.2, 0.25) is 11.8 Å². The molecule has 5 heteroatoms. The topological polar surface area (TPSA) is 44.2 Å². The molecule has 4 rings (SSSR count). The molecule has 0 saturated heterocycles. The number of pyridine rings is 2. The zero-order chi connectivity index (χ0) is 19.9. The molecule has 0 aliphatic carbocycles. The van der Waals surface area contributed by atoms with Crippen LogP contribution in [-0.2, 0) is 13.2 Å². The van der Waals surface area contributed by atoms with E-state index >= 15 is 0 Å². The van der Waals surface area contributed by atoms with Gasteiger partial charge in [-0.05, 0) is 29.3 Å². The first kappa shape index (κ1) is 19.0. The predicted molar refractivity (Wildman–Crippen MR) is 114 cm³/mol. The van der Waals surface area contributed by atoms with E-state index in [4.69, 9.17) is 21.1 Å². The summed E-state index contributed by atoms with van der Waals surface area (Å²) in [6, 6.07) is 27.3. The van der Waals surface area contributed by atoms with Gasteiger partial charge < -0.3 is 9.47 Å². The van der Waals surface area contributed by atoms with E-state index in [9.17, 15) is 0 Å². The molecule has 0 amide bonds. The Kier molecular flexibility index (Phi) is 6.03. The maximum absolute atomic E-state index is 6.05. The van der Waals surface area contributed by atoms with Gasteiger partial charge in [-0.2, -0.15) is 4.98 Å². The first-order valence-corrected chi connectivity index (χ1v) is 9.62. The molecule has 0 spiro atoms. The van der Waals surface area contributed by atoms with Gasteiger partial charge in [-0.25, -0.2) is 4.98 Å². The van der Waals surface area contributed by atoms with Crippen molar-refractivity contribution in [3.63, 3.8) is 0 Å². The van der Waals surface area contributed by atoms with Crippen LogP contribution in [0.25, 0.3) is 11.1 Å². The van der Waals surface area contributed by atoms with Crippen LogP contribution in [0.3, 0.4) is 0 Å². The molecular weight excluding hydrogens is 384 g/mol. The summed E-state index contributed by atoms with van der Waals surface area (Å²) in [5, 5.41) is 0.441. The van der Waals surface area contributed by atoms with Crippen molar-refractivity contribution in [3.8, 4) is 22.9 Å². The smallest absolute Gasteiger partial charge is 0.225 e. The van der Waals surface area contributed by atoms with E-state index in [1.54, 1.807) is 12.3 Å². The number of aromatic nitrogens is 2. The molecule has 0 aliphatic rings. The van der Waals surface area contributed by atoms with Crippen molar-refractivity contribution in [1.82, 2.24) is 9.97 Å². The molecule has 2 aromatic carbocycles. The first-order valence-electron chi connectivity index (χ1n) is 9.24. The van der Waals surface area contributed by atoms with Gasteiger partial charge >= 0.3 is 0 Å². The normalized spacial score (nSPS) is 10.5. The second-order valence-corrected chi connectivity index (χ2v) is 6.81. The fourth-order valence-corrected chi connectivity index (χ4v) is 2.94. The van der Waals surface area contributed by atoms with Crippen molar-refractivity contribution >= 4 is 11.6 Å². The average Bonchev–Trinajstić information content (AvgIpc) is 2.78. The largest absolute Gasteiger partial charge is 0.473 e. The van der Waals surface area contributed by atoms with Crippen LogP contribution < -0.4 is 9.47 Å². The van der Waals surface area contributed by atoms with E-state index in [1.165, 1.54) is 0 Å². The molecule has 2 aromatic heterocycles. The highest BCUT2D eigenvalue weighted by atomic mass is 35.5. The minimum Gasteiger partial charge on any atom is -0.473 e. The van der Waals surface area contributed by atoms with Crippen LogP contribution in [0.4, 0.5) is 0 Å². The maximum atomic E-state index is 6.05. The molecular formula is C24H19ClN2O2. The van der Waals surface area contributed by atoms with E-state index in [0.29, 0.717) is 30.1 Å². The monoisotopic (exact) mass is 402 g/mol. The summed E-state index contributed by atoms with van der Waals surface area (Å²) in [5.74, 6) is 0.992. The third kappa shape index (κ3) is 5.12. The lowest BCUT2D eigenvalue weighted by Crippen LogP contribution is -2.02. The molecule has 0 bridgehead atoms. The molecule has 4 nitrogen and oxygen atoms in total. The van der Waals surface area contributed by atoms with Crippen LogP contribution in [-0.4, -0.2) is 9.97 Å². The van der Waals surface area contributed by atoms with E-state index in [-0.39, 0.29) is 0 Å². The molecule has 0 saturated carbocycles. The molecule has 29 heavy (non-hydrogen) atoms. The Bertz CT molecular complexity index is 1060. The highest BCUT2D eigenvalue weighted by molar-refractivity contribution is 6.29. The lowest BCUT2D eigenvalue weighted by Gasteiger charge is -2.13. The van der Waals surface area contributed by atoms with Crippen molar-refractivity contribution in [1.29, 1.82) is 0 Å².